The normalized spacial score (nSPS) is 13.3. The first kappa shape index (κ1) is 20.6. The molecule has 3 aromatic rings. The second-order valence-electron chi connectivity index (χ2n) is 7.55. The van der Waals surface area contributed by atoms with Crippen molar-refractivity contribution in [2.24, 2.45) is 0 Å². The molecule has 0 saturated carbocycles. The Morgan fingerprint density at radius 2 is 1.81 bits per heavy atom. The molecule has 6 heteroatoms. The van der Waals surface area contributed by atoms with Gasteiger partial charge in [-0.15, -0.1) is 0 Å². The van der Waals surface area contributed by atoms with Gasteiger partial charge in [0.2, 0.25) is 0 Å². The molecule has 158 valence electrons. The zero-order valence-electron chi connectivity index (χ0n) is 17.7. The van der Waals surface area contributed by atoms with Crippen LogP contribution in [0, 0.1) is 13.8 Å². The maximum atomic E-state index is 12.6. The van der Waals surface area contributed by atoms with Gasteiger partial charge in [0.05, 0.1) is 11.4 Å². The van der Waals surface area contributed by atoms with Crippen LogP contribution in [0.2, 0.25) is 0 Å². The molecule has 1 aromatic heterocycles. The third-order valence-corrected chi connectivity index (χ3v) is 5.48. The van der Waals surface area contributed by atoms with Gasteiger partial charge in [0.25, 0.3) is 5.91 Å². The molecule has 1 amide bonds. The molecule has 0 aliphatic carbocycles. The number of esters is 1. The smallest absolute Gasteiger partial charge is 0.331 e. The van der Waals surface area contributed by atoms with E-state index in [4.69, 9.17) is 4.74 Å². The lowest BCUT2D eigenvalue weighted by atomic mass is 10.0. The molecule has 0 bridgehead atoms. The zero-order valence-corrected chi connectivity index (χ0v) is 17.7. The van der Waals surface area contributed by atoms with Crippen molar-refractivity contribution in [3.63, 3.8) is 0 Å². The lowest BCUT2D eigenvalue weighted by Crippen LogP contribution is -2.38. The Labute approximate surface area is 181 Å². The number of nitrogens with zero attached hydrogens (tertiary/aromatic N) is 3. The molecule has 0 fully saturated rings. The number of rotatable bonds is 5. The van der Waals surface area contributed by atoms with E-state index >= 15 is 0 Å². The summed E-state index contributed by atoms with van der Waals surface area (Å²) in [4.78, 5) is 26.6. The van der Waals surface area contributed by atoms with E-state index in [2.05, 4.69) is 5.10 Å². The number of aromatic nitrogens is 2. The van der Waals surface area contributed by atoms with Crippen molar-refractivity contribution in [1.82, 2.24) is 9.78 Å². The van der Waals surface area contributed by atoms with Crippen LogP contribution in [0.3, 0.4) is 0 Å². The summed E-state index contributed by atoms with van der Waals surface area (Å²) in [6.45, 7) is 4.21. The van der Waals surface area contributed by atoms with Crippen molar-refractivity contribution < 1.29 is 14.3 Å². The van der Waals surface area contributed by atoms with Crippen LogP contribution < -0.4 is 4.90 Å². The standard InChI is InChI=1S/C25H25N3O3/c1-18-22(19(2)28(26-18)21-11-4-3-5-12-21)14-15-25(30)31-17-24(29)27-16-8-10-20-9-6-7-13-23(20)27/h3-7,9,11-15H,8,10,16-17H2,1-2H3/b15-14+. The van der Waals surface area contributed by atoms with Gasteiger partial charge < -0.3 is 9.64 Å². The highest BCUT2D eigenvalue weighted by molar-refractivity contribution is 5.97. The average Bonchev–Trinajstić information content (AvgIpc) is 3.09. The van der Waals surface area contributed by atoms with E-state index in [1.807, 2.05) is 73.1 Å². The number of aryl methyl sites for hydroxylation is 2. The molecule has 2 heterocycles. The van der Waals surface area contributed by atoms with Gasteiger partial charge in [-0.3, -0.25) is 4.79 Å². The molecule has 0 radical (unpaired) electrons. The molecule has 1 aliphatic heterocycles. The maximum absolute atomic E-state index is 12.6. The van der Waals surface area contributed by atoms with Crippen LogP contribution >= 0.6 is 0 Å². The molecule has 0 unspecified atom stereocenters. The van der Waals surface area contributed by atoms with Gasteiger partial charge >= 0.3 is 5.97 Å². The molecular formula is C25H25N3O3. The Kier molecular flexibility index (Phi) is 5.98. The minimum atomic E-state index is -0.551. The number of ether oxygens (including phenoxy) is 1. The predicted molar refractivity (Wildman–Crippen MR) is 120 cm³/mol. The van der Waals surface area contributed by atoms with Crippen molar-refractivity contribution >= 4 is 23.6 Å². The monoisotopic (exact) mass is 415 g/mol. The van der Waals surface area contributed by atoms with Crippen molar-refractivity contribution in [3.8, 4) is 5.69 Å². The molecule has 0 saturated heterocycles. The van der Waals surface area contributed by atoms with Crippen molar-refractivity contribution in [3.05, 3.63) is 83.2 Å². The molecule has 0 spiro atoms. The first-order chi connectivity index (χ1) is 15.0. The molecule has 2 aromatic carbocycles. The first-order valence-electron chi connectivity index (χ1n) is 10.4. The number of hydrogen-bond acceptors (Lipinski definition) is 4. The van der Waals surface area contributed by atoms with E-state index in [9.17, 15) is 9.59 Å². The fourth-order valence-electron chi connectivity index (χ4n) is 3.92. The lowest BCUT2D eigenvalue weighted by molar-refractivity contribution is -0.142. The van der Waals surface area contributed by atoms with Crippen molar-refractivity contribution in [2.45, 2.75) is 26.7 Å². The first-order valence-corrected chi connectivity index (χ1v) is 10.4. The van der Waals surface area contributed by atoms with Gasteiger partial charge in [-0.25, -0.2) is 9.48 Å². The van der Waals surface area contributed by atoms with E-state index in [-0.39, 0.29) is 12.5 Å². The minimum Gasteiger partial charge on any atom is -0.452 e. The summed E-state index contributed by atoms with van der Waals surface area (Å²) in [5.41, 5.74) is 5.61. The second kappa shape index (κ2) is 9.00. The third kappa shape index (κ3) is 4.43. The minimum absolute atomic E-state index is 0.210. The molecule has 31 heavy (non-hydrogen) atoms. The van der Waals surface area contributed by atoms with E-state index in [0.717, 1.165) is 46.7 Å². The highest BCUT2D eigenvalue weighted by Gasteiger charge is 2.22. The van der Waals surface area contributed by atoms with E-state index in [0.29, 0.717) is 6.54 Å². The van der Waals surface area contributed by atoms with Crippen LogP contribution in [-0.4, -0.2) is 34.8 Å². The summed E-state index contributed by atoms with van der Waals surface area (Å²) in [7, 11) is 0. The van der Waals surface area contributed by atoms with Crippen LogP contribution in [0.4, 0.5) is 5.69 Å². The number of hydrogen-bond donors (Lipinski definition) is 0. The fraction of sp³-hybridized carbons (Fsp3) is 0.240. The van der Waals surface area contributed by atoms with Gasteiger partial charge in [0, 0.05) is 29.6 Å². The second-order valence-corrected chi connectivity index (χ2v) is 7.55. The number of benzene rings is 2. The van der Waals surface area contributed by atoms with Crippen LogP contribution in [0.5, 0.6) is 0 Å². The topological polar surface area (TPSA) is 64.4 Å². The molecule has 6 nitrogen and oxygen atoms in total. The highest BCUT2D eigenvalue weighted by atomic mass is 16.5. The summed E-state index contributed by atoms with van der Waals surface area (Å²) in [6, 6.07) is 17.7. The fourth-order valence-corrected chi connectivity index (χ4v) is 3.92. The van der Waals surface area contributed by atoms with Gasteiger partial charge in [0.15, 0.2) is 6.61 Å². The molecule has 4 rings (SSSR count). The SMILES string of the molecule is Cc1nn(-c2ccccc2)c(C)c1/C=C/C(=O)OCC(=O)N1CCCc2ccccc21. The van der Waals surface area contributed by atoms with E-state index in [1.54, 1.807) is 11.0 Å². The largest absolute Gasteiger partial charge is 0.452 e. The van der Waals surface area contributed by atoms with Crippen LogP contribution in [0.25, 0.3) is 11.8 Å². The number of para-hydroxylation sites is 2. The highest BCUT2D eigenvalue weighted by Crippen LogP contribution is 2.26. The Morgan fingerprint density at radius 3 is 2.61 bits per heavy atom. The number of anilines is 1. The Hall–Kier alpha value is -3.67. The Morgan fingerprint density at radius 1 is 1.06 bits per heavy atom. The van der Waals surface area contributed by atoms with Crippen LogP contribution in [0.15, 0.2) is 60.7 Å². The van der Waals surface area contributed by atoms with E-state index in [1.165, 1.54) is 6.08 Å². The number of carbonyl (C=O) groups is 2. The van der Waals surface area contributed by atoms with Crippen LogP contribution in [-0.2, 0) is 20.7 Å². The molecule has 0 atom stereocenters. The number of fused-ring (bicyclic) bond motifs is 1. The lowest BCUT2D eigenvalue weighted by Gasteiger charge is -2.29. The summed E-state index contributed by atoms with van der Waals surface area (Å²) < 4.78 is 7.07. The van der Waals surface area contributed by atoms with E-state index < -0.39 is 5.97 Å². The quantitative estimate of drug-likeness (QED) is 0.466. The average molecular weight is 415 g/mol. The maximum Gasteiger partial charge on any atom is 0.331 e. The predicted octanol–water partition coefficient (Wildman–Crippen LogP) is 4.02. The molecular weight excluding hydrogens is 390 g/mol. The van der Waals surface area contributed by atoms with Gasteiger partial charge in [0.1, 0.15) is 0 Å². The van der Waals surface area contributed by atoms with Gasteiger partial charge in [-0.05, 0) is 56.5 Å². The molecule has 0 N–H and O–H groups in total. The summed E-state index contributed by atoms with van der Waals surface area (Å²) in [5, 5.41) is 4.57. The molecule has 1 aliphatic rings. The summed E-state index contributed by atoms with van der Waals surface area (Å²) >= 11 is 0. The summed E-state index contributed by atoms with van der Waals surface area (Å²) in [6.07, 6.45) is 4.91. The third-order valence-electron chi connectivity index (χ3n) is 5.48. The number of carbonyl (C=O) groups excluding carboxylic acids is 2. The zero-order chi connectivity index (χ0) is 21.8. The Bertz CT molecular complexity index is 1130. The van der Waals surface area contributed by atoms with Crippen LogP contribution in [0.1, 0.15) is 28.9 Å². The van der Waals surface area contributed by atoms with Crippen molar-refractivity contribution in [2.75, 3.05) is 18.1 Å². The Balaban J connectivity index is 1.40. The van der Waals surface area contributed by atoms with Gasteiger partial charge in [-0.1, -0.05) is 36.4 Å². The summed E-state index contributed by atoms with van der Waals surface area (Å²) in [5.74, 6) is -0.761. The number of amides is 1. The van der Waals surface area contributed by atoms with Crippen molar-refractivity contribution in [1.29, 1.82) is 0 Å². The van der Waals surface area contributed by atoms with Gasteiger partial charge in [-0.2, -0.15) is 5.10 Å².